The molecule has 0 amide bonds. The number of pyridine rings is 1. The van der Waals surface area contributed by atoms with Crippen LogP contribution in [0.25, 0.3) is 22.4 Å². The van der Waals surface area contributed by atoms with Crippen LogP contribution in [0.15, 0.2) is 59.5 Å². The third-order valence-corrected chi connectivity index (χ3v) is 3.88. The van der Waals surface area contributed by atoms with Crippen LogP contribution >= 0.6 is 15.9 Å². The van der Waals surface area contributed by atoms with E-state index < -0.39 is 6.55 Å². The number of halogens is 4. The molecule has 0 aliphatic rings. The topological polar surface area (TPSA) is 17.8 Å². The Morgan fingerprint density at radius 1 is 1.05 bits per heavy atom. The summed E-state index contributed by atoms with van der Waals surface area (Å²) in [5.74, 6) is -0.324. The standard InChI is InChI=1S/C16H10BrF3N2/c17-14-8-21-15(10-1-3-12(18)4-2-10)7-13(14)11-5-6-22(9-11)16(19)20/h1-9,16H. The molecule has 0 unspecified atom stereocenters. The first-order valence-corrected chi connectivity index (χ1v) is 7.21. The quantitative estimate of drug-likeness (QED) is 0.597. The molecular formula is C16H10BrF3N2. The molecule has 0 aliphatic carbocycles. The molecule has 3 rings (SSSR count). The van der Waals surface area contributed by atoms with Gasteiger partial charge in [0.05, 0.1) is 5.69 Å². The van der Waals surface area contributed by atoms with Crippen LogP contribution in [0.5, 0.6) is 0 Å². The van der Waals surface area contributed by atoms with Crippen molar-refractivity contribution in [1.82, 2.24) is 9.55 Å². The summed E-state index contributed by atoms with van der Waals surface area (Å²) in [5, 5.41) is 0. The van der Waals surface area contributed by atoms with Gasteiger partial charge in [-0.3, -0.25) is 9.55 Å². The van der Waals surface area contributed by atoms with Gasteiger partial charge in [0.2, 0.25) is 0 Å². The van der Waals surface area contributed by atoms with E-state index in [1.165, 1.54) is 24.5 Å². The average molecular weight is 367 g/mol. The Hall–Kier alpha value is -2.08. The average Bonchev–Trinajstić information content (AvgIpc) is 2.99. The lowest BCUT2D eigenvalue weighted by atomic mass is 10.1. The molecule has 0 bridgehead atoms. The number of hydrogen-bond acceptors (Lipinski definition) is 1. The second kappa shape index (κ2) is 5.96. The Bertz CT molecular complexity index is 797. The molecule has 112 valence electrons. The number of hydrogen-bond donors (Lipinski definition) is 0. The van der Waals surface area contributed by atoms with Crippen molar-refractivity contribution in [2.75, 3.05) is 0 Å². The molecule has 0 radical (unpaired) electrons. The molecule has 0 atom stereocenters. The molecular weight excluding hydrogens is 357 g/mol. The van der Waals surface area contributed by atoms with Crippen molar-refractivity contribution in [3.63, 3.8) is 0 Å². The van der Waals surface area contributed by atoms with Crippen LogP contribution in [0.4, 0.5) is 13.2 Å². The Morgan fingerprint density at radius 3 is 2.41 bits per heavy atom. The summed E-state index contributed by atoms with van der Waals surface area (Å²) in [6.07, 6.45) is 4.30. The van der Waals surface area contributed by atoms with Gasteiger partial charge >= 0.3 is 6.55 Å². The van der Waals surface area contributed by atoms with E-state index in [0.717, 1.165) is 15.7 Å². The van der Waals surface area contributed by atoms with Crippen LogP contribution in [-0.4, -0.2) is 9.55 Å². The minimum atomic E-state index is -2.58. The highest BCUT2D eigenvalue weighted by molar-refractivity contribution is 9.10. The summed E-state index contributed by atoms with van der Waals surface area (Å²) in [4.78, 5) is 4.28. The molecule has 0 saturated carbocycles. The van der Waals surface area contributed by atoms with Crippen LogP contribution in [0.2, 0.25) is 0 Å². The summed E-state index contributed by atoms with van der Waals surface area (Å²) in [6.45, 7) is -2.58. The molecule has 2 heterocycles. The Balaban J connectivity index is 2.04. The minimum Gasteiger partial charge on any atom is -0.298 e. The number of aromatic nitrogens is 2. The first-order chi connectivity index (χ1) is 10.5. The predicted molar refractivity (Wildman–Crippen MR) is 82.0 cm³/mol. The number of alkyl halides is 2. The molecule has 0 aliphatic heterocycles. The fourth-order valence-electron chi connectivity index (χ4n) is 2.13. The van der Waals surface area contributed by atoms with Crippen LogP contribution < -0.4 is 0 Å². The lowest BCUT2D eigenvalue weighted by molar-refractivity contribution is 0.0707. The van der Waals surface area contributed by atoms with E-state index in [4.69, 9.17) is 0 Å². The molecule has 22 heavy (non-hydrogen) atoms. The maximum Gasteiger partial charge on any atom is 0.318 e. The molecule has 2 nitrogen and oxygen atoms in total. The van der Waals surface area contributed by atoms with E-state index in [9.17, 15) is 13.2 Å². The van der Waals surface area contributed by atoms with Crippen LogP contribution in [-0.2, 0) is 0 Å². The molecule has 2 aromatic heterocycles. The molecule has 0 N–H and O–H groups in total. The van der Waals surface area contributed by atoms with Gasteiger partial charge in [0, 0.05) is 39.8 Å². The van der Waals surface area contributed by atoms with Crippen molar-refractivity contribution in [1.29, 1.82) is 0 Å². The summed E-state index contributed by atoms with van der Waals surface area (Å²) in [7, 11) is 0. The lowest BCUT2D eigenvalue weighted by Gasteiger charge is -2.06. The van der Waals surface area contributed by atoms with Crippen LogP contribution in [0.1, 0.15) is 6.55 Å². The molecule has 3 aromatic rings. The third kappa shape index (κ3) is 2.92. The van der Waals surface area contributed by atoms with Gasteiger partial charge in [-0.05, 0) is 52.3 Å². The third-order valence-electron chi connectivity index (χ3n) is 3.25. The summed E-state index contributed by atoms with van der Waals surface area (Å²) < 4.78 is 39.9. The van der Waals surface area contributed by atoms with E-state index in [-0.39, 0.29) is 5.82 Å². The SMILES string of the molecule is Fc1ccc(-c2cc(-c3ccn(C(F)F)c3)c(Br)cn2)cc1. The fourth-order valence-corrected chi connectivity index (χ4v) is 2.58. The number of benzene rings is 1. The van der Waals surface area contributed by atoms with E-state index >= 15 is 0 Å². The molecule has 0 saturated heterocycles. The Labute approximate surface area is 133 Å². The summed E-state index contributed by atoms with van der Waals surface area (Å²) in [6, 6.07) is 9.35. The first kappa shape index (κ1) is 14.8. The summed E-state index contributed by atoms with van der Waals surface area (Å²) >= 11 is 3.38. The van der Waals surface area contributed by atoms with Gasteiger partial charge in [-0.15, -0.1) is 0 Å². The van der Waals surface area contributed by atoms with E-state index in [1.54, 1.807) is 30.5 Å². The van der Waals surface area contributed by atoms with Gasteiger partial charge in [0.15, 0.2) is 0 Å². The van der Waals surface area contributed by atoms with Gasteiger partial charge < -0.3 is 0 Å². The van der Waals surface area contributed by atoms with E-state index in [2.05, 4.69) is 20.9 Å². The molecule has 1 aromatic carbocycles. The van der Waals surface area contributed by atoms with Gasteiger partial charge in [-0.2, -0.15) is 8.78 Å². The van der Waals surface area contributed by atoms with Crippen molar-refractivity contribution < 1.29 is 13.2 Å². The van der Waals surface area contributed by atoms with Crippen molar-refractivity contribution in [3.8, 4) is 22.4 Å². The maximum absolute atomic E-state index is 13.0. The predicted octanol–water partition coefficient (Wildman–Crippen LogP) is 5.51. The van der Waals surface area contributed by atoms with Crippen molar-refractivity contribution in [2.24, 2.45) is 0 Å². The number of nitrogens with zero attached hydrogens (tertiary/aromatic N) is 2. The van der Waals surface area contributed by atoms with Crippen LogP contribution in [0, 0.1) is 5.82 Å². The largest absolute Gasteiger partial charge is 0.318 e. The lowest BCUT2D eigenvalue weighted by Crippen LogP contribution is -1.92. The van der Waals surface area contributed by atoms with Gasteiger partial charge in [-0.25, -0.2) is 4.39 Å². The second-order valence-corrected chi connectivity index (χ2v) is 5.54. The zero-order chi connectivity index (χ0) is 15.7. The molecule has 0 fully saturated rings. The summed E-state index contributed by atoms with van der Waals surface area (Å²) in [5.41, 5.74) is 2.79. The van der Waals surface area contributed by atoms with Crippen molar-refractivity contribution >= 4 is 15.9 Å². The first-order valence-electron chi connectivity index (χ1n) is 6.42. The van der Waals surface area contributed by atoms with Crippen molar-refractivity contribution in [3.05, 3.63) is 65.3 Å². The van der Waals surface area contributed by atoms with E-state index in [1.807, 2.05) is 0 Å². The van der Waals surface area contributed by atoms with Crippen LogP contribution in [0.3, 0.4) is 0 Å². The van der Waals surface area contributed by atoms with Gasteiger partial charge in [-0.1, -0.05) is 0 Å². The smallest absolute Gasteiger partial charge is 0.298 e. The molecule has 0 spiro atoms. The zero-order valence-electron chi connectivity index (χ0n) is 11.2. The van der Waals surface area contributed by atoms with Gasteiger partial charge in [0.25, 0.3) is 0 Å². The Morgan fingerprint density at radius 2 is 1.77 bits per heavy atom. The highest BCUT2D eigenvalue weighted by Gasteiger charge is 2.11. The fraction of sp³-hybridized carbons (Fsp3) is 0.0625. The van der Waals surface area contributed by atoms with Gasteiger partial charge in [0.1, 0.15) is 5.82 Å². The highest BCUT2D eigenvalue weighted by atomic mass is 79.9. The second-order valence-electron chi connectivity index (χ2n) is 4.68. The molecule has 6 heteroatoms. The highest BCUT2D eigenvalue weighted by Crippen LogP contribution is 2.32. The van der Waals surface area contributed by atoms with E-state index in [0.29, 0.717) is 15.7 Å². The minimum absolute atomic E-state index is 0.324. The zero-order valence-corrected chi connectivity index (χ0v) is 12.8. The number of rotatable bonds is 3. The van der Waals surface area contributed by atoms with Crippen molar-refractivity contribution in [2.45, 2.75) is 6.55 Å². The normalized spacial score (nSPS) is 11.1. The monoisotopic (exact) mass is 366 g/mol. The maximum atomic E-state index is 13.0. The Kier molecular flexibility index (Phi) is 4.02.